The zero-order chi connectivity index (χ0) is 27.5. The van der Waals surface area contributed by atoms with Gasteiger partial charge in [-0.2, -0.15) is 0 Å². The van der Waals surface area contributed by atoms with Gasteiger partial charge in [0.25, 0.3) is 0 Å². The Labute approximate surface area is 235 Å². The molecule has 0 bridgehead atoms. The predicted molar refractivity (Wildman–Crippen MR) is 161 cm³/mol. The predicted octanol–water partition coefficient (Wildman–Crippen LogP) is 4.45. The summed E-state index contributed by atoms with van der Waals surface area (Å²) in [5, 5.41) is 0. The van der Waals surface area contributed by atoms with Gasteiger partial charge in [0.1, 0.15) is 29.7 Å². The summed E-state index contributed by atoms with van der Waals surface area (Å²) in [4.78, 5) is 27.2. The number of imidazole rings is 1. The Morgan fingerprint density at radius 3 is 2.50 bits per heavy atom. The molecule has 2 saturated heterocycles. The molecule has 0 aliphatic carbocycles. The Morgan fingerprint density at radius 2 is 1.77 bits per heavy atom. The minimum Gasteiger partial charge on any atom is -0.492 e. The standard InChI is InChI=1S/C32H38N6O2/c1-2-23-8-10-24(11-9-23)32-34-27-5-3-6-28(30(27)35-32)37-19-17-36(18-20-37)21-22-40-26-14-12-25(13-15-26)38-16-4-7-29(38)31(33)39/h3,5-6,8-15,29H,2,4,7,16-22H2,1H3,(H2,33,39)(H,34,35)/t29-/m0/s1. The number of hydrogen-bond donors (Lipinski definition) is 2. The highest BCUT2D eigenvalue weighted by molar-refractivity contribution is 5.91. The zero-order valence-electron chi connectivity index (χ0n) is 23.2. The number of aryl methyl sites for hydroxylation is 1. The fourth-order valence-corrected chi connectivity index (χ4v) is 5.92. The highest BCUT2D eigenvalue weighted by Crippen LogP contribution is 2.30. The molecule has 3 N–H and O–H groups in total. The van der Waals surface area contributed by atoms with Crippen molar-refractivity contribution in [3.63, 3.8) is 0 Å². The van der Waals surface area contributed by atoms with E-state index in [1.54, 1.807) is 0 Å². The summed E-state index contributed by atoms with van der Waals surface area (Å²) in [6.45, 7) is 8.44. The van der Waals surface area contributed by atoms with Gasteiger partial charge in [0.2, 0.25) is 5.91 Å². The molecule has 4 aromatic rings. The van der Waals surface area contributed by atoms with Crippen LogP contribution in [0.15, 0.2) is 66.7 Å². The molecule has 3 heterocycles. The minimum absolute atomic E-state index is 0.203. The van der Waals surface area contributed by atoms with Gasteiger partial charge in [-0.15, -0.1) is 0 Å². The minimum atomic E-state index is -0.249. The van der Waals surface area contributed by atoms with E-state index in [1.165, 1.54) is 11.3 Å². The van der Waals surface area contributed by atoms with Gasteiger partial charge < -0.3 is 25.3 Å². The van der Waals surface area contributed by atoms with Crippen LogP contribution >= 0.6 is 0 Å². The number of amides is 1. The third kappa shape index (κ3) is 5.49. The molecule has 0 spiro atoms. The smallest absolute Gasteiger partial charge is 0.240 e. The third-order valence-electron chi connectivity index (χ3n) is 8.27. The number of hydrogen-bond acceptors (Lipinski definition) is 6. The maximum atomic E-state index is 11.7. The largest absolute Gasteiger partial charge is 0.492 e. The average molecular weight is 539 g/mol. The average Bonchev–Trinajstić information content (AvgIpc) is 3.66. The molecule has 0 unspecified atom stereocenters. The van der Waals surface area contributed by atoms with Gasteiger partial charge in [-0.1, -0.05) is 37.3 Å². The Morgan fingerprint density at radius 1 is 1.00 bits per heavy atom. The number of nitrogens with zero attached hydrogens (tertiary/aromatic N) is 4. The van der Waals surface area contributed by atoms with Crippen LogP contribution < -0.4 is 20.3 Å². The van der Waals surface area contributed by atoms with Gasteiger partial charge in [0.05, 0.1) is 11.2 Å². The van der Waals surface area contributed by atoms with Crippen LogP contribution in [0.5, 0.6) is 5.75 Å². The number of aromatic nitrogens is 2. The molecule has 0 radical (unpaired) electrons. The molecule has 0 saturated carbocycles. The van der Waals surface area contributed by atoms with Gasteiger partial charge in [-0.25, -0.2) is 4.98 Å². The molecule has 6 rings (SSSR count). The highest BCUT2D eigenvalue weighted by Gasteiger charge is 2.29. The topological polar surface area (TPSA) is 90.7 Å². The van der Waals surface area contributed by atoms with Crippen LogP contribution in [0.2, 0.25) is 0 Å². The summed E-state index contributed by atoms with van der Waals surface area (Å²) in [6, 6.07) is 22.9. The van der Waals surface area contributed by atoms with Crippen LogP contribution in [0.25, 0.3) is 22.4 Å². The summed E-state index contributed by atoms with van der Waals surface area (Å²) < 4.78 is 6.05. The number of nitrogens with one attached hydrogen (secondary N) is 1. The summed E-state index contributed by atoms with van der Waals surface area (Å²) in [7, 11) is 0. The normalized spacial score (nSPS) is 18.0. The molecule has 2 aliphatic rings. The van der Waals surface area contributed by atoms with Gasteiger partial charge >= 0.3 is 0 Å². The van der Waals surface area contributed by atoms with Crippen LogP contribution in [0.3, 0.4) is 0 Å². The monoisotopic (exact) mass is 538 g/mol. The zero-order valence-corrected chi connectivity index (χ0v) is 23.2. The molecule has 1 atom stereocenters. The lowest BCUT2D eigenvalue weighted by Gasteiger charge is -2.36. The maximum Gasteiger partial charge on any atom is 0.240 e. The van der Waals surface area contributed by atoms with Gasteiger partial charge in [-0.3, -0.25) is 9.69 Å². The SMILES string of the molecule is CCc1ccc(-c2nc3c(N4CCN(CCOc5ccc(N6CCC[C@H]6C(N)=O)cc5)CC4)cccc3[nH]2)cc1. The van der Waals surface area contributed by atoms with E-state index in [0.29, 0.717) is 6.61 Å². The van der Waals surface area contributed by atoms with Crippen molar-refractivity contribution in [2.45, 2.75) is 32.2 Å². The van der Waals surface area contributed by atoms with E-state index < -0.39 is 0 Å². The van der Waals surface area contributed by atoms with Gasteiger partial charge in [0.15, 0.2) is 0 Å². The van der Waals surface area contributed by atoms with Crippen LogP contribution in [0.4, 0.5) is 11.4 Å². The Bertz CT molecular complexity index is 1440. The third-order valence-corrected chi connectivity index (χ3v) is 8.27. The van der Waals surface area contributed by atoms with E-state index in [9.17, 15) is 4.79 Å². The van der Waals surface area contributed by atoms with E-state index in [4.69, 9.17) is 15.5 Å². The van der Waals surface area contributed by atoms with Crippen LogP contribution in [0.1, 0.15) is 25.3 Å². The molecule has 8 heteroatoms. The number of para-hydroxylation sites is 1. The van der Waals surface area contributed by atoms with Crippen LogP contribution in [-0.4, -0.2) is 72.7 Å². The Kier molecular flexibility index (Phi) is 7.60. The molecule has 2 aliphatic heterocycles. The van der Waals surface area contributed by atoms with Crippen molar-refractivity contribution >= 4 is 28.3 Å². The summed E-state index contributed by atoms with van der Waals surface area (Å²) in [5.41, 5.74) is 12.3. The summed E-state index contributed by atoms with van der Waals surface area (Å²) in [5.74, 6) is 1.52. The van der Waals surface area contributed by atoms with Gasteiger partial charge in [-0.05, 0) is 61.2 Å². The number of rotatable bonds is 9. The number of ether oxygens (including phenoxy) is 1. The van der Waals surface area contributed by atoms with Crippen molar-refractivity contribution in [3.05, 3.63) is 72.3 Å². The number of nitrogens with two attached hydrogens (primary N) is 1. The van der Waals surface area contributed by atoms with E-state index in [1.807, 2.05) is 24.3 Å². The van der Waals surface area contributed by atoms with Crippen molar-refractivity contribution in [2.75, 3.05) is 55.7 Å². The molecule has 208 valence electrons. The lowest BCUT2D eigenvalue weighted by molar-refractivity contribution is -0.119. The number of benzene rings is 3. The number of piperazine rings is 1. The van der Waals surface area contributed by atoms with Crippen molar-refractivity contribution in [1.29, 1.82) is 0 Å². The Hall–Kier alpha value is -4.04. The first-order valence-electron chi connectivity index (χ1n) is 14.4. The van der Waals surface area contributed by atoms with Crippen molar-refractivity contribution in [3.8, 4) is 17.1 Å². The first-order chi connectivity index (χ1) is 19.6. The molecular weight excluding hydrogens is 500 g/mol. The molecule has 1 amide bonds. The van der Waals surface area contributed by atoms with Crippen molar-refractivity contribution in [2.24, 2.45) is 5.73 Å². The molecule has 8 nitrogen and oxygen atoms in total. The number of H-pyrrole nitrogens is 1. The van der Waals surface area contributed by atoms with Crippen LogP contribution in [0, 0.1) is 0 Å². The van der Waals surface area contributed by atoms with E-state index in [0.717, 1.165) is 92.4 Å². The second-order valence-electron chi connectivity index (χ2n) is 10.7. The second-order valence-corrected chi connectivity index (χ2v) is 10.7. The fraction of sp³-hybridized carbons (Fsp3) is 0.375. The number of fused-ring (bicyclic) bond motifs is 1. The van der Waals surface area contributed by atoms with Crippen molar-refractivity contribution < 1.29 is 9.53 Å². The first-order valence-corrected chi connectivity index (χ1v) is 14.4. The molecule has 40 heavy (non-hydrogen) atoms. The van der Waals surface area contributed by atoms with Crippen molar-refractivity contribution in [1.82, 2.24) is 14.9 Å². The number of primary amides is 1. The van der Waals surface area contributed by atoms with E-state index >= 15 is 0 Å². The second kappa shape index (κ2) is 11.6. The Balaban J connectivity index is 1.02. The summed E-state index contributed by atoms with van der Waals surface area (Å²) in [6.07, 6.45) is 2.85. The van der Waals surface area contributed by atoms with Gasteiger partial charge in [0, 0.05) is 50.5 Å². The van der Waals surface area contributed by atoms with E-state index in [-0.39, 0.29) is 11.9 Å². The maximum absolute atomic E-state index is 11.7. The fourth-order valence-electron chi connectivity index (χ4n) is 5.92. The first kappa shape index (κ1) is 26.2. The number of aromatic amines is 1. The lowest BCUT2D eigenvalue weighted by atomic mass is 10.1. The van der Waals surface area contributed by atoms with E-state index in [2.05, 4.69) is 69.1 Å². The molecule has 2 fully saturated rings. The highest BCUT2D eigenvalue weighted by atomic mass is 16.5. The number of carbonyl (C=O) groups is 1. The quantitative estimate of drug-likeness (QED) is 0.327. The molecule has 3 aromatic carbocycles. The van der Waals surface area contributed by atoms with Crippen LogP contribution in [-0.2, 0) is 11.2 Å². The summed E-state index contributed by atoms with van der Waals surface area (Å²) >= 11 is 0. The molecule has 1 aromatic heterocycles. The number of anilines is 2. The lowest BCUT2D eigenvalue weighted by Crippen LogP contribution is -2.47. The number of carbonyl (C=O) groups excluding carboxylic acids is 1. The molecular formula is C32H38N6O2.